The molecule has 0 aliphatic carbocycles. The predicted molar refractivity (Wildman–Crippen MR) is 95.3 cm³/mol. The number of piperidine rings is 1. The Balaban J connectivity index is 1.73. The molecule has 2 aliphatic rings. The van der Waals surface area contributed by atoms with Crippen molar-refractivity contribution in [2.45, 2.75) is 45.6 Å². The van der Waals surface area contributed by atoms with E-state index in [1.807, 2.05) is 27.9 Å². The third-order valence-corrected chi connectivity index (χ3v) is 5.55. The molecule has 3 rings (SSSR count). The molecule has 2 aliphatic heterocycles. The summed E-state index contributed by atoms with van der Waals surface area (Å²) < 4.78 is 2.04. The zero-order valence-corrected chi connectivity index (χ0v) is 15.5. The van der Waals surface area contributed by atoms with Crippen LogP contribution in [0.15, 0.2) is 18.5 Å². The number of nitrogens with zero attached hydrogens (tertiary/aromatic N) is 3. The van der Waals surface area contributed by atoms with Gasteiger partial charge in [-0.25, -0.2) is 0 Å². The summed E-state index contributed by atoms with van der Waals surface area (Å²) in [7, 11) is 0. The van der Waals surface area contributed by atoms with E-state index in [0.29, 0.717) is 31.7 Å². The normalized spacial score (nSPS) is 24.4. The monoisotopic (exact) mass is 347 g/mol. The molecule has 2 fully saturated rings. The van der Waals surface area contributed by atoms with Crippen LogP contribution in [0.3, 0.4) is 0 Å². The molecule has 2 amide bonds. The summed E-state index contributed by atoms with van der Waals surface area (Å²) in [6, 6.07) is 1.86. The van der Waals surface area contributed by atoms with Gasteiger partial charge in [-0.3, -0.25) is 9.59 Å². The molecule has 1 aromatic rings. The first-order valence-electron chi connectivity index (χ1n) is 9.15. The van der Waals surface area contributed by atoms with E-state index in [4.69, 9.17) is 5.11 Å². The molecule has 0 saturated carbocycles. The first-order chi connectivity index (χ1) is 11.8. The van der Waals surface area contributed by atoms with Crippen molar-refractivity contribution in [1.82, 2.24) is 14.4 Å². The second kappa shape index (κ2) is 6.48. The fourth-order valence-corrected chi connectivity index (χ4v) is 4.03. The van der Waals surface area contributed by atoms with Crippen LogP contribution in [-0.4, -0.2) is 64.1 Å². The van der Waals surface area contributed by atoms with Gasteiger partial charge < -0.3 is 19.5 Å². The molecular formula is C19H29N3O3. The zero-order chi connectivity index (χ0) is 18.2. The van der Waals surface area contributed by atoms with Crippen LogP contribution < -0.4 is 0 Å². The van der Waals surface area contributed by atoms with E-state index in [1.54, 1.807) is 4.90 Å². The van der Waals surface area contributed by atoms with E-state index in [1.165, 1.54) is 0 Å². The number of amides is 2. The van der Waals surface area contributed by atoms with Gasteiger partial charge in [-0.05, 0) is 46.1 Å². The molecule has 0 bridgehead atoms. The lowest BCUT2D eigenvalue weighted by Gasteiger charge is -2.39. The van der Waals surface area contributed by atoms with Gasteiger partial charge in [-0.2, -0.15) is 0 Å². The van der Waals surface area contributed by atoms with Crippen LogP contribution in [0.4, 0.5) is 0 Å². The topological polar surface area (TPSA) is 65.8 Å². The van der Waals surface area contributed by atoms with Gasteiger partial charge in [0.05, 0.1) is 17.6 Å². The average molecular weight is 347 g/mol. The van der Waals surface area contributed by atoms with Gasteiger partial charge in [0, 0.05) is 44.1 Å². The molecule has 0 unspecified atom stereocenters. The third-order valence-electron chi connectivity index (χ3n) is 5.55. The van der Waals surface area contributed by atoms with Gasteiger partial charge in [0.25, 0.3) is 5.91 Å². The SMILES string of the molecule is CC(C)(C)n1ccc(C(=O)N2CC[C@@]3(CCCN(CCO)C3=O)C2)c1. The van der Waals surface area contributed by atoms with Crippen molar-refractivity contribution in [1.29, 1.82) is 0 Å². The van der Waals surface area contributed by atoms with Gasteiger partial charge in [-0.15, -0.1) is 0 Å². The number of aromatic nitrogens is 1. The number of aliphatic hydroxyl groups is 1. The smallest absolute Gasteiger partial charge is 0.255 e. The molecule has 1 spiro atoms. The van der Waals surface area contributed by atoms with E-state index >= 15 is 0 Å². The number of carbonyl (C=O) groups excluding carboxylic acids is 2. The third kappa shape index (κ3) is 3.32. The van der Waals surface area contributed by atoms with Crippen LogP contribution in [0.25, 0.3) is 0 Å². The van der Waals surface area contributed by atoms with Crippen molar-refractivity contribution >= 4 is 11.8 Å². The maximum Gasteiger partial charge on any atom is 0.255 e. The summed E-state index contributed by atoms with van der Waals surface area (Å²) in [4.78, 5) is 29.3. The summed E-state index contributed by atoms with van der Waals surface area (Å²) in [5.74, 6) is 0.113. The number of hydrogen-bond acceptors (Lipinski definition) is 3. The molecule has 1 aromatic heterocycles. The molecule has 25 heavy (non-hydrogen) atoms. The fourth-order valence-electron chi connectivity index (χ4n) is 4.03. The van der Waals surface area contributed by atoms with Gasteiger partial charge in [0.15, 0.2) is 0 Å². The van der Waals surface area contributed by atoms with Crippen molar-refractivity contribution in [2.24, 2.45) is 5.41 Å². The van der Waals surface area contributed by atoms with Gasteiger partial charge in [0.2, 0.25) is 5.91 Å². The van der Waals surface area contributed by atoms with Gasteiger partial charge >= 0.3 is 0 Å². The largest absolute Gasteiger partial charge is 0.395 e. The van der Waals surface area contributed by atoms with E-state index in [0.717, 1.165) is 19.3 Å². The van der Waals surface area contributed by atoms with Crippen LogP contribution in [0.2, 0.25) is 0 Å². The predicted octanol–water partition coefficient (Wildman–Crippen LogP) is 1.69. The highest BCUT2D eigenvalue weighted by Crippen LogP contribution is 2.40. The quantitative estimate of drug-likeness (QED) is 0.905. The maximum atomic E-state index is 12.9. The molecule has 0 aromatic carbocycles. The summed E-state index contributed by atoms with van der Waals surface area (Å²) in [5.41, 5.74) is 0.173. The molecule has 1 N–H and O–H groups in total. The van der Waals surface area contributed by atoms with Crippen LogP contribution in [0.1, 0.15) is 50.4 Å². The Hall–Kier alpha value is -1.82. The highest BCUT2D eigenvalue weighted by atomic mass is 16.3. The van der Waals surface area contributed by atoms with Crippen LogP contribution in [0, 0.1) is 5.41 Å². The average Bonchev–Trinajstić information content (AvgIpc) is 3.19. The summed E-state index contributed by atoms with van der Waals surface area (Å²) in [6.45, 7) is 8.51. The molecule has 0 radical (unpaired) electrons. The molecule has 6 heteroatoms. The Morgan fingerprint density at radius 3 is 2.68 bits per heavy atom. The standard InChI is InChI=1S/C19H29N3O3/c1-18(2,3)22-9-5-15(13-22)16(24)21-10-7-19(14-21)6-4-8-20(11-12-23)17(19)25/h5,9,13,23H,4,6-8,10-12,14H2,1-3H3/t19-/m0/s1. The molecule has 1 atom stereocenters. The number of carbonyl (C=O) groups is 2. The number of aliphatic hydroxyl groups excluding tert-OH is 1. The highest BCUT2D eigenvalue weighted by Gasteiger charge is 2.49. The Labute approximate surface area is 149 Å². The number of rotatable bonds is 3. The molecule has 6 nitrogen and oxygen atoms in total. The minimum Gasteiger partial charge on any atom is -0.395 e. The zero-order valence-electron chi connectivity index (χ0n) is 15.5. The molecule has 138 valence electrons. The highest BCUT2D eigenvalue weighted by molar-refractivity contribution is 5.95. The number of likely N-dealkylation sites (tertiary alicyclic amines) is 2. The second-order valence-corrected chi connectivity index (χ2v) is 8.35. The van der Waals surface area contributed by atoms with Crippen molar-refractivity contribution in [3.05, 3.63) is 24.0 Å². The van der Waals surface area contributed by atoms with Crippen LogP contribution in [0.5, 0.6) is 0 Å². The first kappa shape index (κ1) is 18.0. The van der Waals surface area contributed by atoms with E-state index in [-0.39, 0.29) is 24.0 Å². The van der Waals surface area contributed by atoms with Gasteiger partial charge in [0.1, 0.15) is 0 Å². The number of β-amino-alcohol motifs (C(OH)–C–C–N with tert-alkyl or cyclic N) is 1. The summed E-state index contributed by atoms with van der Waals surface area (Å²) >= 11 is 0. The summed E-state index contributed by atoms with van der Waals surface area (Å²) in [6.07, 6.45) is 6.33. The Morgan fingerprint density at radius 1 is 1.28 bits per heavy atom. The van der Waals surface area contributed by atoms with E-state index in [2.05, 4.69) is 20.8 Å². The van der Waals surface area contributed by atoms with Gasteiger partial charge in [-0.1, -0.05) is 0 Å². The summed E-state index contributed by atoms with van der Waals surface area (Å²) in [5, 5.41) is 9.16. The maximum absolute atomic E-state index is 12.9. The van der Waals surface area contributed by atoms with Crippen LogP contribution in [-0.2, 0) is 10.3 Å². The lowest BCUT2D eigenvalue weighted by Crippen LogP contribution is -2.51. The molecular weight excluding hydrogens is 318 g/mol. The number of hydrogen-bond donors (Lipinski definition) is 1. The minimum absolute atomic E-state index is 0.00644. The van der Waals surface area contributed by atoms with Crippen molar-refractivity contribution in [2.75, 3.05) is 32.8 Å². The van der Waals surface area contributed by atoms with Crippen LogP contribution >= 0.6 is 0 Å². The second-order valence-electron chi connectivity index (χ2n) is 8.35. The Kier molecular flexibility index (Phi) is 4.66. The molecule has 3 heterocycles. The fraction of sp³-hybridized carbons (Fsp3) is 0.684. The van der Waals surface area contributed by atoms with E-state index < -0.39 is 5.41 Å². The Bertz CT molecular complexity index is 659. The lowest BCUT2D eigenvalue weighted by molar-refractivity contribution is -0.146. The van der Waals surface area contributed by atoms with E-state index in [9.17, 15) is 9.59 Å². The lowest BCUT2D eigenvalue weighted by atomic mass is 9.78. The Morgan fingerprint density at radius 2 is 2.04 bits per heavy atom. The van der Waals surface area contributed by atoms with Crippen molar-refractivity contribution in [3.63, 3.8) is 0 Å². The van der Waals surface area contributed by atoms with Crippen molar-refractivity contribution < 1.29 is 14.7 Å². The minimum atomic E-state index is -0.449. The first-order valence-corrected chi connectivity index (χ1v) is 9.15. The van der Waals surface area contributed by atoms with Crippen molar-refractivity contribution in [3.8, 4) is 0 Å². The molecule has 2 saturated heterocycles.